The lowest BCUT2D eigenvalue weighted by Gasteiger charge is -1.91. The van der Waals surface area contributed by atoms with Crippen molar-refractivity contribution in [3.63, 3.8) is 0 Å². The number of rotatable bonds is 2. The SMILES string of the molecule is COC(=O)c1cnn(CBr)c1. The van der Waals surface area contributed by atoms with Crippen molar-refractivity contribution >= 4 is 21.9 Å². The monoisotopic (exact) mass is 218 g/mol. The van der Waals surface area contributed by atoms with Gasteiger partial charge in [0.05, 0.1) is 24.3 Å². The molecule has 0 radical (unpaired) electrons. The normalized spacial score (nSPS) is 9.64. The quantitative estimate of drug-likeness (QED) is 0.551. The predicted octanol–water partition coefficient (Wildman–Crippen LogP) is 1.02. The third-order valence-electron chi connectivity index (χ3n) is 1.18. The number of aromatic nitrogens is 2. The van der Waals surface area contributed by atoms with Crippen LogP contribution in [0.1, 0.15) is 10.4 Å². The molecule has 0 aromatic carbocycles. The van der Waals surface area contributed by atoms with E-state index in [1.807, 2.05) is 0 Å². The number of nitrogens with zero attached hydrogens (tertiary/aromatic N) is 2. The molecule has 1 heterocycles. The van der Waals surface area contributed by atoms with Gasteiger partial charge >= 0.3 is 5.97 Å². The molecule has 0 saturated heterocycles. The summed E-state index contributed by atoms with van der Waals surface area (Å²) in [7, 11) is 1.34. The Kier molecular flexibility index (Phi) is 2.64. The van der Waals surface area contributed by atoms with Gasteiger partial charge in [-0.3, -0.25) is 4.68 Å². The van der Waals surface area contributed by atoms with Crippen LogP contribution in [-0.4, -0.2) is 22.9 Å². The topological polar surface area (TPSA) is 44.1 Å². The molecule has 0 atom stereocenters. The molecule has 0 spiro atoms. The molecule has 11 heavy (non-hydrogen) atoms. The zero-order valence-electron chi connectivity index (χ0n) is 5.95. The van der Waals surface area contributed by atoms with E-state index in [0.29, 0.717) is 11.0 Å². The van der Waals surface area contributed by atoms with E-state index in [-0.39, 0.29) is 5.97 Å². The van der Waals surface area contributed by atoms with E-state index in [9.17, 15) is 4.79 Å². The van der Waals surface area contributed by atoms with Gasteiger partial charge in [-0.25, -0.2) is 4.79 Å². The van der Waals surface area contributed by atoms with Gasteiger partial charge in [0.1, 0.15) is 0 Å². The van der Waals surface area contributed by atoms with Crippen molar-refractivity contribution < 1.29 is 9.53 Å². The Bertz CT molecular complexity index is 259. The number of alkyl halides is 1. The maximum absolute atomic E-state index is 10.9. The Labute approximate surface area is 72.3 Å². The summed E-state index contributed by atoms with van der Waals surface area (Å²) >= 11 is 3.19. The molecule has 1 aromatic heterocycles. The van der Waals surface area contributed by atoms with Crippen LogP contribution in [0, 0.1) is 0 Å². The molecular weight excluding hydrogens is 212 g/mol. The minimum atomic E-state index is -0.364. The molecule has 0 aliphatic rings. The lowest BCUT2D eigenvalue weighted by molar-refractivity contribution is 0.0600. The number of carbonyl (C=O) groups is 1. The minimum Gasteiger partial charge on any atom is -0.465 e. The molecule has 5 heteroatoms. The molecule has 1 rings (SSSR count). The van der Waals surface area contributed by atoms with Gasteiger partial charge in [-0.2, -0.15) is 5.10 Å². The van der Waals surface area contributed by atoms with Crippen molar-refractivity contribution in [2.45, 2.75) is 5.45 Å². The average Bonchev–Trinajstić information content (AvgIpc) is 2.50. The summed E-state index contributed by atoms with van der Waals surface area (Å²) in [6.07, 6.45) is 3.08. The van der Waals surface area contributed by atoms with Crippen LogP contribution < -0.4 is 0 Å². The van der Waals surface area contributed by atoms with Crippen LogP contribution in [0.2, 0.25) is 0 Å². The highest BCUT2D eigenvalue weighted by atomic mass is 79.9. The standard InChI is InChI=1S/C6H7BrN2O2/c1-11-6(10)5-2-8-9(3-5)4-7/h2-3H,4H2,1H3. The van der Waals surface area contributed by atoms with Gasteiger partial charge in [-0.05, 0) is 0 Å². The molecule has 0 unspecified atom stereocenters. The molecule has 60 valence electrons. The summed E-state index contributed by atoms with van der Waals surface area (Å²) in [6, 6.07) is 0. The van der Waals surface area contributed by atoms with Gasteiger partial charge in [0.25, 0.3) is 0 Å². The fraction of sp³-hybridized carbons (Fsp3) is 0.333. The van der Waals surface area contributed by atoms with Crippen molar-refractivity contribution in [2.24, 2.45) is 0 Å². The summed E-state index contributed by atoms with van der Waals surface area (Å²) in [4.78, 5) is 10.9. The first kappa shape index (κ1) is 8.26. The number of hydrogen-bond acceptors (Lipinski definition) is 3. The van der Waals surface area contributed by atoms with Gasteiger partial charge in [0.15, 0.2) is 0 Å². The van der Waals surface area contributed by atoms with Crippen LogP contribution in [0.25, 0.3) is 0 Å². The van der Waals surface area contributed by atoms with E-state index in [1.165, 1.54) is 13.3 Å². The lowest BCUT2D eigenvalue weighted by atomic mass is 10.4. The van der Waals surface area contributed by atoms with Crippen LogP contribution in [0.15, 0.2) is 12.4 Å². The van der Waals surface area contributed by atoms with E-state index < -0.39 is 0 Å². The van der Waals surface area contributed by atoms with Crippen molar-refractivity contribution in [2.75, 3.05) is 7.11 Å². The van der Waals surface area contributed by atoms with Gasteiger partial charge in [0, 0.05) is 6.20 Å². The highest BCUT2D eigenvalue weighted by Gasteiger charge is 2.06. The summed E-state index contributed by atoms with van der Waals surface area (Å²) in [6.45, 7) is 0. The Hall–Kier alpha value is -0.840. The Balaban J connectivity index is 2.80. The van der Waals surface area contributed by atoms with Gasteiger partial charge in [-0.15, -0.1) is 0 Å². The van der Waals surface area contributed by atoms with Crippen molar-refractivity contribution in [3.8, 4) is 0 Å². The summed E-state index contributed by atoms with van der Waals surface area (Å²) in [5.41, 5.74) is 1.04. The Morgan fingerprint density at radius 1 is 1.91 bits per heavy atom. The first-order valence-corrected chi connectivity index (χ1v) is 4.07. The number of hydrogen-bond donors (Lipinski definition) is 0. The molecule has 0 fully saturated rings. The van der Waals surface area contributed by atoms with Gasteiger partial charge in [-0.1, -0.05) is 15.9 Å². The fourth-order valence-corrected chi connectivity index (χ4v) is 0.926. The highest BCUT2D eigenvalue weighted by Crippen LogP contribution is 2.00. The van der Waals surface area contributed by atoms with Crippen LogP contribution in [-0.2, 0) is 10.2 Å². The Morgan fingerprint density at radius 2 is 2.64 bits per heavy atom. The van der Waals surface area contributed by atoms with E-state index >= 15 is 0 Å². The second-order valence-electron chi connectivity index (χ2n) is 1.88. The minimum absolute atomic E-state index is 0.364. The van der Waals surface area contributed by atoms with Gasteiger partial charge < -0.3 is 4.74 Å². The molecule has 0 saturated carbocycles. The average molecular weight is 219 g/mol. The molecule has 0 N–H and O–H groups in total. The van der Waals surface area contributed by atoms with Crippen molar-refractivity contribution in [1.29, 1.82) is 0 Å². The third kappa shape index (κ3) is 1.80. The molecule has 4 nitrogen and oxygen atoms in total. The zero-order chi connectivity index (χ0) is 8.27. The second kappa shape index (κ2) is 3.52. The predicted molar refractivity (Wildman–Crippen MR) is 42.5 cm³/mol. The summed E-state index contributed by atoms with van der Waals surface area (Å²) in [5.74, 6) is -0.364. The van der Waals surface area contributed by atoms with Crippen molar-refractivity contribution in [3.05, 3.63) is 18.0 Å². The van der Waals surface area contributed by atoms with E-state index in [1.54, 1.807) is 10.9 Å². The lowest BCUT2D eigenvalue weighted by Crippen LogP contribution is -1.99. The molecule has 0 aliphatic heterocycles. The number of ether oxygens (including phenoxy) is 1. The molecular formula is C6H7BrN2O2. The maximum atomic E-state index is 10.9. The first-order chi connectivity index (χ1) is 5.27. The fourth-order valence-electron chi connectivity index (χ4n) is 0.652. The number of esters is 1. The van der Waals surface area contributed by atoms with E-state index in [2.05, 4.69) is 25.8 Å². The number of halogens is 1. The van der Waals surface area contributed by atoms with Crippen LogP contribution in [0.4, 0.5) is 0 Å². The molecule has 0 bridgehead atoms. The van der Waals surface area contributed by atoms with Crippen molar-refractivity contribution in [1.82, 2.24) is 9.78 Å². The first-order valence-electron chi connectivity index (χ1n) is 2.94. The summed E-state index contributed by atoms with van der Waals surface area (Å²) in [5, 5.41) is 3.87. The highest BCUT2D eigenvalue weighted by molar-refractivity contribution is 9.08. The van der Waals surface area contributed by atoms with Crippen LogP contribution >= 0.6 is 15.9 Å². The Morgan fingerprint density at radius 3 is 3.09 bits per heavy atom. The second-order valence-corrected chi connectivity index (χ2v) is 2.38. The van der Waals surface area contributed by atoms with Gasteiger partial charge in [0.2, 0.25) is 0 Å². The van der Waals surface area contributed by atoms with E-state index in [4.69, 9.17) is 0 Å². The summed E-state index contributed by atoms with van der Waals surface area (Å²) < 4.78 is 6.08. The van der Waals surface area contributed by atoms with E-state index in [0.717, 1.165) is 0 Å². The zero-order valence-corrected chi connectivity index (χ0v) is 7.54. The molecule has 0 amide bonds. The smallest absolute Gasteiger partial charge is 0.341 e. The third-order valence-corrected chi connectivity index (χ3v) is 1.69. The molecule has 1 aromatic rings. The number of methoxy groups -OCH3 is 1. The maximum Gasteiger partial charge on any atom is 0.341 e. The van der Waals surface area contributed by atoms with Crippen LogP contribution in [0.5, 0.6) is 0 Å². The van der Waals surface area contributed by atoms with Crippen LogP contribution in [0.3, 0.4) is 0 Å². The largest absolute Gasteiger partial charge is 0.465 e. The molecule has 0 aliphatic carbocycles. The number of carbonyl (C=O) groups excluding carboxylic acids is 1.